The Morgan fingerprint density at radius 1 is 1.22 bits per heavy atom. The Morgan fingerprint density at radius 3 is 2.17 bits per heavy atom. The summed E-state index contributed by atoms with van der Waals surface area (Å²) in [4.78, 5) is 14.0. The molecule has 0 spiro atoms. The zero-order chi connectivity index (χ0) is 13.7. The van der Waals surface area contributed by atoms with Gasteiger partial charge in [-0.2, -0.15) is 0 Å². The molecule has 1 rings (SSSR count). The van der Waals surface area contributed by atoms with E-state index < -0.39 is 0 Å². The number of nitrogens with zero attached hydrogens (tertiary/aromatic N) is 1. The van der Waals surface area contributed by atoms with Crippen molar-refractivity contribution in [3.05, 3.63) is 23.3 Å². The van der Waals surface area contributed by atoms with Crippen molar-refractivity contribution in [3.8, 4) is 5.75 Å². The summed E-state index contributed by atoms with van der Waals surface area (Å²) in [5, 5.41) is 12.4. The molecule has 100 valence electrons. The van der Waals surface area contributed by atoms with Gasteiger partial charge in [0.25, 0.3) is 0 Å². The third-order valence-corrected chi connectivity index (χ3v) is 3.04. The number of benzene rings is 1. The lowest BCUT2D eigenvalue weighted by atomic mass is 10.1. The average Bonchev–Trinajstić information content (AvgIpc) is 2.30. The van der Waals surface area contributed by atoms with Crippen molar-refractivity contribution >= 4 is 11.6 Å². The summed E-state index contributed by atoms with van der Waals surface area (Å²) in [6.45, 7) is 9.93. The first kappa shape index (κ1) is 14.5. The number of aromatic hydroxyl groups is 1. The largest absolute Gasteiger partial charge is 0.508 e. The number of phenols is 1. The van der Waals surface area contributed by atoms with Crippen molar-refractivity contribution in [1.29, 1.82) is 0 Å². The molecule has 0 fully saturated rings. The van der Waals surface area contributed by atoms with Gasteiger partial charge in [0.15, 0.2) is 0 Å². The Hall–Kier alpha value is -1.55. The molecule has 0 radical (unpaired) electrons. The molecule has 0 saturated carbocycles. The molecule has 1 aromatic carbocycles. The van der Waals surface area contributed by atoms with Crippen molar-refractivity contribution in [1.82, 2.24) is 4.90 Å². The van der Waals surface area contributed by atoms with Gasteiger partial charge in [0, 0.05) is 5.69 Å². The van der Waals surface area contributed by atoms with Crippen LogP contribution in [0.3, 0.4) is 0 Å². The van der Waals surface area contributed by atoms with Crippen LogP contribution < -0.4 is 5.32 Å². The molecule has 0 bridgehead atoms. The molecule has 0 aliphatic rings. The Labute approximate surface area is 109 Å². The number of anilines is 1. The fourth-order valence-corrected chi connectivity index (χ4v) is 1.97. The molecular formula is C14H22N2O2. The van der Waals surface area contributed by atoms with Gasteiger partial charge < -0.3 is 10.4 Å². The first-order valence-electron chi connectivity index (χ1n) is 6.30. The molecule has 0 heterocycles. The maximum atomic E-state index is 11.9. The molecule has 0 aromatic heterocycles. The van der Waals surface area contributed by atoms with Crippen LogP contribution in [0, 0.1) is 13.8 Å². The average molecular weight is 250 g/mol. The van der Waals surface area contributed by atoms with E-state index in [-0.39, 0.29) is 11.7 Å². The summed E-state index contributed by atoms with van der Waals surface area (Å²) >= 11 is 0. The van der Waals surface area contributed by atoms with Crippen LogP contribution >= 0.6 is 0 Å². The molecule has 0 atom stereocenters. The van der Waals surface area contributed by atoms with Gasteiger partial charge in [-0.3, -0.25) is 9.69 Å². The highest BCUT2D eigenvalue weighted by molar-refractivity contribution is 5.93. The molecule has 2 N–H and O–H groups in total. The number of carbonyl (C=O) groups excluding carboxylic acids is 1. The lowest BCUT2D eigenvalue weighted by Gasteiger charge is -2.18. The first-order chi connectivity index (χ1) is 8.47. The van der Waals surface area contributed by atoms with Gasteiger partial charge in [-0.25, -0.2) is 0 Å². The van der Waals surface area contributed by atoms with Gasteiger partial charge in [0.2, 0.25) is 5.91 Å². The summed E-state index contributed by atoms with van der Waals surface area (Å²) < 4.78 is 0. The highest BCUT2D eigenvalue weighted by Crippen LogP contribution is 2.25. The number of rotatable bonds is 5. The second-order valence-electron chi connectivity index (χ2n) is 4.46. The van der Waals surface area contributed by atoms with Crippen molar-refractivity contribution < 1.29 is 9.90 Å². The zero-order valence-corrected chi connectivity index (χ0v) is 11.6. The van der Waals surface area contributed by atoms with Crippen LogP contribution in [0.25, 0.3) is 0 Å². The van der Waals surface area contributed by atoms with Gasteiger partial charge >= 0.3 is 0 Å². The smallest absolute Gasteiger partial charge is 0.238 e. The number of likely N-dealkylation sites (N-methyl/N-ethyl adjacent to an activating group) is 1. The second-order valence-corrected chi connectivity index (χ2v) is 4.46. The van der Waals surface area contributed by atoms with E-state index in [1.54, 1.807) is 12.1 Å². The zero-order valence-electron chi connectivity index (χ0n) is 11.6. The molecule has 0 aliphatic carbocycles. The fraction of sp³-hybridized carbons (Fsp3) is 0.500. The Balaban J connectivity index is 2.76. The van der Waals surface area contributed by atoms with E-state index in [1.807, 2.05) is 27.7 Å². The van der Waals surface area contributed by atoms with Gasteiger partial charge in [-0.05, 0) is 50.2 Å². The molecule has 0 unspecified atom stereocenters. The van der Waals surface area contributed by atoms with E-state index in [4.69, 9.17) is 0 Å². The fourth-order valence-electron chi connectivity index (χ4n) is 1.97. The van der Waals surface area contributed by atoms with Gasteiger partial charge in [-0.15, -0.1) is 0 Å². The van der Waals surface area contributed by atoms with Crippen molar-refractivity contribution in [3.63, 3.8) is 0 Å². The Kier molecular flexibility index (Phi) is 5.16. The molecule has 4 heteroatoms. The van der Waals surface area contributed by atoms with Crippen LogP contribution in [0.2, 0.25) is 0 Å². The predicted octanol–water partition coefficient (Wildman–Crippen LogP) is 2.29. The van der Waals surface area contributed by atoms with E-state index in [9.17, 15) is 9.90 Å². The standard InChI is InChI=1S/C14H22N2O2/c1-5-16(6-2)9-13(18)15-14-10(3)7-12(17)8-11(14)4/h7-8,17H,5-6,9H2,1-4H3,(H,15,18). The third kappa shape index (κ3) is 3.74. The van der Waals surface area contributed by atoms with Gasteiger partial charge in [-0.1, -0.05) is 13.8 Å². The molecule has 0 aliphatic heterocycles. The number of hydrogen-bond acceptors (Lipinski definition) is 3. The summed E-state index contributed by atoms with van der Waals surface area (Å²) in [6, 6.07) is 3.31. The minimum absolute atomic E-state index is 0.0180. The maximum absolute atomic E-state index is 11.9. The highest BCUT2D eigenvalue weighted by Gasteiger charge is 2.11. The summed E-state index contributed by atoms with van der Waals surface area (Å²) in [5.41, 5.74) is 2.55. The topological polar surface area (TPSA) is 52.6 Å². The van der Waals surface area contributed by atoms with Crippen LogP contribution in [0.4, 0.5) is 5.69 Å². The molecule has 0 saturated heterocycles. The van der Waals surface area contributed by atoms with E-state index in [1.165, 1.54) is 0 Å². The second kappa shape index (κ2) is 6.40. The van der Waals surface area contributed by atoms with E-state index in [0.717, 1.165) is 29.9 Å². The predicted molar refractivity (Wildman–Crippen MR) is 74.0 cm³/mol. The molecule has 4 nitrogen and oxygen atoms in total. The van der Waals surface area contributed by atoms with Crippen LogP contribution in [0.1, 0.15) is 25.0 Å². The number of carbonyl (C=O) groups is 1. The van der Waals surface area contributed by atoms with Gasteiger partial charge in [0.05, 0.1) is 6.54 Å². The van der Waals surface area contributed by atoms with Crippen molar-refractivity contribution in [2.24, 2.45) is 0 Å². The Morgan fingerprint density at radius 2 is 1.72 bits per heavy atom. The minimum Gasteiger partial charge on any atom is -0.508 e. The normalized spacial score (nSPS) is 10.7. The summed E-state index contributed by atoms with van der Waals surface area (Å²) in [6.07, 6.45) is 0. The van der Waals surface area contributed by atoms with E-state index >= 15 is 0 Å². The number of nitrogens with one attached hydrogen (secondary N) is 1. The van der Waals surface area contributed by atoms with Crippen molar-refractivity contribution in [2.45, 2.75) is 27.7 Å². The maximum Gasteiger partial charge on any atom is 0.238 e. The molecular weight excluding hydrogens is 228 g/mol. The van der Waals surface area contributed by atoms with E-state index in [2.05, 4.69) is 10.2 Å². The highest BCUT2D eigenvalue weighted by atomic mass is 16.3. The molecule has 18 heavy (non-hydrogen) atoms. The summed E-state index contributed by atoms with van der Waals surface area (Å²) in [5.74, 6) is 0.210. The number of hydrogen-bond donors (Lipinski definition) is 2. The lowest BCUT2D eigenvalue weighted by molar-refractivity contribution is -0.117. The third-order valence-electron chi connectivity index (χ3n) is 3.04. The number of aryl methyl sites for hydroxylation is 2. The Bertz CT molecular complexity index is 403. The monoisotopic (exact) mass is 250 g/mol. The van der Waals surface area contributed by atoms with Crippen LogP contribution in [-0.2, 0) is 4.79 Å². The van der Waals surface area contributed by atoms with Crippen LogP contribution in [-0.4, -0.2) is 35.5 Å². The van der Waals surface area contributed by atoms with Gasteiger partial charge in [0.1, 0.15) is 5.75 Å². The number of phenolic OH excluding ortho intramolecular Hbond substituents is 1. The van der Waals surface area contributed by atoms with Crippen molar-refractivity contribution in [2.75, 3.05) is 25.0 Å². The first-order valence-corrected chi connectivity index (χ1v) is 6.30. The SMILES string of the molecule is CCN(CC)CC(=O)Nc1c(C)cc(O)cc1C. The van der Waals surface area contributed by atoms with Crippen LogP contribution in [0.5, 0.6) is 5.75 Å². The van der Waals surface area contributed by atoms with E-state index in [0.29, 0.717) is 6.54 Å². The summed E-state index contributed by atoms with van der Waals surface area (Å²) in [7, 11) is 0. The quantitative estimate of drug-likeness (QED) is 0.788. The lowest BCUT2D eigenvalue weighted by Crippen LogP contribution is -2.33. The minimum atomic E-state index is -0.0180. The van der Waals surface area contributed by atoms with Crippen LogP contribution in [0.15, 0.2) is 12.1 Å². The number of amides is 1. The molecule has 1 amide bonds. The molecule has 1 aromatic rings.